The van der Waals surface area contributed by atoms with Gasteiger partial charge in [-0.3, -0.25) is 4.79 Å². The van der Waals surface area contributed by atoms with E-state index in [4.69, 9.17) is 4.74 Å². The van der Waals surface area contributed by atoms with E-state index < -0.39 is 5.97 Å². The smallest absolute Gasteiger partial charge is 0.305 e. The standard InChI is InChI=1S/C21H24N2O4/c24-18(25)10-16-19-13-9-17-21(14-3-1-2-4-15(14)22-20(19)21)6-7-23(17,26)11-12(13)5-8-27-16/h1-5,13,16-17,19-20,22,26H,6-11H2/p+1. The summed E-state index contributed by atoms with van der Waals surface area (Å²) < 4.78 is 6.22. The van der Waals surface area contributed by atoms with Crippen LogP contribution in [0.2, 0.25) is 0 Å². The van der Waals surface area contributed by atoms with Crippen molar-refractivity contribution in [1.82, 2.24) is 0 Å². The average molecular weight is 369 g/mol. The first-order chi connectivity index (χ1) is 13.0. The Kier molecular flexibility index (Phi) is 3.06. The minimum atomic E-state index is -0.801. The lowest BCUT2D eigenvalue weighted by atomic mass is 9.54. The molecule has 0 aromatic heterocycles. The highest BCUT2D eigenvalue weighted by Gasteiger charge is 2.73. The van der Waals surface area contributed by atoms with E-state index in [1.165, 1.54) is 11.1 Å². The summed E-state index contributed by atoms with van der Waals surface area (Å²) in [5.74, 6) is -0.395. The van der Waals surface area contributed by atoms with Gasteiger partial charge in [0.15, 0.2) is 0 Å². The summed E-state index contributed by atoms with van der Waals surface area (Å²) in [7, 11) is 0. The maximum absolute atomic E-state index is 11.6. The molecule has 1 saturated carbocycles. The van der Waals surface area contributed by atoms with Gasteiger partial charge in [0, 0.05) is 30.5 Å². The molecule has 0 radical (unpaired) electrons. The van der Waals surface area contributed by atoms with Crippen LogP contribution >= 0.6 is 0 Å². The van der Waals surface area contributed by atoms with Crippen LogP contribution in [0.3, 0.4) is 0 Å². The molecular formula is C21H25N2O4+. The number of carboxylic acids is 1. The van der Waals surface area contributed by atoms with Crippen molar-refractivity contribution in [2.24, 2.45) is 11.8 Å². The monoisotopic (exact) mass is 369 g/mol. The lowest BCUT2D eigenvalue weighted by Crippen LogP contribution is -2.68. The van der Waals surface area contributed by atoms with Gasteiger partial charge in [0.05, 0.1) is 24.5 Å². The number of ether oxygens (including phenoxy) is 1. The molecule has 1 spiro atoms. The number of anilines is 1. The second-order valence-electron chi connectivity index (χ2n) is 9.01. The summed E-state index contributed by atoms with van der Waals surface area (Å²) in [5.41, 5.74) is 3.58. The van der Waals surface area contributed by atoms with Gasteiger partial charge in [0.2, 0.25) is 0 Å². The third-order valence-electron chi connectivity index (χ3n) is 8.10. The molecule has 3 fully saturated rings. The zero-order chi connectivity index (χ0) is 18.4. The van der Waals surface area contributed by atoms with E-state index in [1.807, 2.05) is 6.07 Å². The molecule has 6 rings (SSSR count). The number of carbonyl (C=O) groups is 1. The van der Waals surface area contributed by atoms with Crippen molar-refractivity contribution in [2.45, 2.75) is 42.9 Å². The minimum absolute atomic E-state index is 0.0384. The number of aliphatic carboxylic acids is 1. The number of rotatable bonds is 2. The van der Waals surface area contributed by atoms with E-state index in [1.54, 1.807) is 0 Å². The van der Waals surface area contributed by atoms with Gasteiger partial charge in [-0.25, -0.2) is 5.21 Å². The van der Waals surface area contributed by atoms with Gasteiger partial charge < -0.3 is 15.2 Å². The van der Waals surface area contributed by atoms with Gasteiger partial charge in [-0.2, -0.15) is 4.65 Å². The van der Waals surface area contributed by atoms with E-state index in [9.17, 15) is 15.1 Å². The van der Waals surface area contributed by atoms with Crippen LogP contribution in [-0.4, -0.2) is 58.8 Å². The Balaban J connectivity index is 1.55. The first-order valence-corrected chi connectivity index (χ1v) is 10.0. The Labute approximate surface area is 158 Å². The summed E-state index contributed by atoms with van der Waals surface area (Å²) in [6, 6.07) is 8.73. The number of hydrogen-bond donors (Lipinski definition) is 3. The molecular weight excluding hydrogens is 344 g/mol. The Morgan fingerprint density at radius 1 is 1.37 bits per heavy atom. The molecule has 7 atom stereocenters. The van der Waals surface area contributed by atoms with Crippen molar-refractivity contribution in [2.75, 3.05) is 25.0 Å². The molecule has 142 valence electrons. The predicted octanol–water partition coefficient (Wildman–Crippen LogP) is 2.15. The first kappa shape index (κ1) is 16.1. The zero-order valence-electron chi connectivity index (χ0n) is 15.2. The molecule has 27 heavy (non-hydrogen) atoms. The summed E-state index contributed by atoms with van der Waals surface area (Å²) in [6.07, 6.45) is 3.69. The van der Waals surface area contributed by atoms with Gasteiger partial charge in [-0.15, -0.1) is 0 Å². The van der Waals surface area contributed by atoms with Crippen LogP contribution in [0.4, 0.5) is 5.69 Å². The van der Waals surface area contributed by atoms with Crippen LogP contribution in [0.25, 0.3) is 0 Å². The van der Waals surface area contributed by atoms with E-state index in [0.717, 1.165) is 25.1 Å². The van der Waals surface area contributed by atoms with Crippen LogP contribution in [0.15, 0.2) is 35.9 Å². The first-order valence-electron chi connectivity index (χ1n) is 10.0. The lowest BCUT2D eigenvalue weighted by Gasteiger charge is -2.55. The van der Waals surface area contributed by atoms with Gasteiger partial charge in [0.25, 0.3) is 0 Å². The maximum Gasteiger partial charge on any atom is 0.305 e. The lowest BCUT2D eigenvalue weighted by molar-refractivity contribution is -1.11. The molecule has 2 saturated heterocycles. The van der Waals surface area contributed by atoms with E-state index in [2.05, 4.69) is 29.6 Å². The van der Waals surface area contributed by atoms with Gasteiger partial charge in [0.1, 0.15) is 19.1 Å². The molecule has 2 bridgehead atoms. The Hall–Kier alpha value is -1.89. The molecule has 4 heterocycles. The Morgan fingerprint density at radius 2 is 2.22 bits per heavy atom. The summed E-state index contributed by atoms with van der Waals surface area (Å²) in [5, 5.41) is 24.8. The summed E-state index contributed by atoms with van der Waals surface area (Å²) in [6.45, 7) is 1.86. The second-order valence-corrected chi connectivity index (χ2v) is 9.01. The molecule has 1 aromatic rings. The molecule has 6 heteroatoms. The fraction of sp³-hybridized carbons (Fsp3) is 0.571. The van der Waals surface area contributed by atoms with Crippen molar-refractivity contribution in [3.63, 3.8) is 0 Å². The molecule has 0 amide bonds. The fourth-order valence-electron chi connectivity index (χ4n) is 7.23. The number of hydroxylamine groups is 3. The highest BCUT2D eigenvalue weighted by atomic mass is 16.6. The third-order valence-corrected chi connectivity index (χ3v) is 8.10. The van der Waals surface area contributed by atoms with Crippen LogP contribution in [0, 0.1) is 11.8 Å². The van der Waals surface area contributed by atoms with Crippen molar-refractivity contribution in [3.8, 4) is 0 Å². The van der Waals surface area contributed by atoms with Gasteiger partial charge >= 0.3 is 5.97 Å². The number of nitrogens with zero attached hydrogens (tertiary/aromatic N) is 1. The minimum Gasteiger partial charge on any atom is -0.481 e. The molecule has 1 aromatic carbocycles. The summed E-state index contributed by atoms with van der Waals surface area (Å²) >= 11 is 0. The second kappa shape index (κ2) is 5.13. The Morgan fingerprint density at radius 3 is 3.07 bits per heavy atom. The molecule has 7 unspecified atom stereocenters. The number of benzene rings is 1. The van der Waals surface area contributed by atoms with E-state index >= 15 is 0 Å². The normalized spacial score (nSPS) is 46.0. The van der Waals surface area contributed by atoms with E-state index in [-0.39, 0.29) is 40.6 Å². The highest BCUT2D eigenvalue weighted by molar-refractivity contribution is 5.68. The third kappa shape index (κ3) is 1.88. The number of quaternary nitrogens is 1. The average Bonchev–Trinajstić information content (AvgIpc) is 3.08. The largest absolute Gasteiger partial charge is 0.481 e. The number of fused-ring (bicyclic) bond motifs is 2. The quantitative estimate of drug-likeness (QED) is 0.550. The highest BCUT2D eigenvalue weighted by Crippen LogP contribution is 2.64. The van der Waals surface area contributed by atoms with Gasteiger partial charge in [-0.05, 0) is 23.1 Å². The van der Waals surface area contributed by atoms with Crippen LogP contribution in [0.1, 0.15) is 24.8 Å². The van der Waals surface area contributed by atoms with Crippen LogP contribution in [0.5, 0.6) is 0 Å². The maximum atomic E-state index is 11.6. The van der Waals surface area contributed by atoms with E-state index in [0.29, 0.717) is 19.1 Å². The summed E-state index contributed by atoms with van der Waals surface area (Å²) in [4.78, 5) is 11.6. The predicted molar refractivity (Wildman–Crippen MR) is 97.4 cm³/mol. The van der Waals surface area contributed by atoms with Crippen LogP contribution < -0.4 is 5.32 Å². The Bertz CT molecular complexity index is 869. The van der Waals surface area contributed by atoms with Crippen molar-refractivity contribution in [3.05, 3.63) is 41.5 Å². The fourth-order valence-corrected chi connectivity index (χ4v) is 7.23. The molecule has 6 nitrogen and oxygen atoms in total. The topological polar surface area (TPSA) is 78.8 Å². The SMILES string of the molecule is O=C(O)CC1OCC=C2C[N+]3(O)CCC45c6ccccc6NC4C1C2CC53. The zero-order valence-corrected chi connectivity index (χ0v) is 15.2. The molecule has 1 aliphatic carbocycles. The molecule has 3 N–H and O–H groups in total. The van der Waals surface area contributed by atoms with Crippen molar-refractivity contribution >= 4 is 11.7 Å². The molecule has 4 aliphatic heterocycles. The number of para-hydroxylation sites is 1. The van der Waals surface area contributed by atoms with Crippen molar-refractivity contribution in [1.29, 1.82) is 0 Å². The number of hydrogen-bond acceptors (Lipinski definition) is 4. The number of piperidine rings is 1. The molecule has 5 aliphatic rings. The number of carboxylic acid groups (broad SMARTS) is 1. The number of nitrogens with one attached hydrogen (secondary N) is 1. The van der Waals surface area contributed by atoms with Gasteiger partial charge in [-0.1, -0.05) is 24.3 Å². The van der Waals surface area contributed by atoms with Crippen molar-refractivity contribution < 1.29 is 24.5 Å². The van der Waals surface area contributed by atoms with Crippen LogP contribution in [-0.2, 0) is 14.9 Å².